The van der Waals surface area contributed by atoms with Crippen LogP contribution in [0.2, 0.25) is 0 Å². The summed E-state index contributed by atoms with van der Waals surface area (Å²) in [4.78, 5) is 12.3. The molecular formula is C22H20BNO2. The number of aromatic nitrogens is 1. The first-order valence-electron chi connectivity index (χ1n) is 8.50. The number of benzene rings is 2. The Morgan fingerprint density at radius 2 is 1.73 bits per heavy atom. The molecule has 2 aromatic carbocycles. The van der Waals surface area contributed by atoms with Crippen LogP contribution in [0.3, 0.4) is 0 Å². The summed E-state index contributed by atoms with van der Waals surface area (Å²) >= 11 is 0. The molecule has 0 spiro atoms. The van der Waals surface area contributed by atoms with Gasteiger partial charge in [0, 0.05) is 12.3 Å². The average molecular weight is 341 g/mol. The second-order valence-corrected chi connectivity index (χ2v) is 6.11. The van der Waals surface area contributed by atoms with Crippen LogP contribution in [0.5, 0.6) is 5.75 Å². The summed E-state index contributed by atoms with van der Waals surface area (Å²) in [6.07, 6.45) is 2.25. The molecular weight excluding hydrogens is 321 g/mol. The van der Waals surface area contributed by atoms with Crippen LogP contribution in [-0.4, -0.2) is 12.4 Å². The number of hydrogen-bond acceptors (Lipinski definition) is 2. The minimum Gasteiger partial charge on any atom is -0.489 e. The van der Waals surface area contributed by atoms with Crippen molar-refractivity contribution >= 4 is 13.4 Å². The smallest absolute Gasteiger partial charge is 0.254 e. The molecule has 3 aromatic rings. The summed E-state index contributed by atoms with van der Waals surface area (Å²) in [5.74, 6) is 0.563. The van der Waals surface area contributed by atoms with Gasteiger partial charge in [-0.1, -0.05) is 73.1 Å². The third kappa shape index (κ3) is 4.54. The van der Waals surface area contributed by atoms with Crippen LogP contribution in [0, 0.1) is 0 Å². The monoisotopic (exact) mass is 341 g/mol. The van der Waals surface area contributed by atoms with E-state index in [0.717, 1.165) is 22.3 Å². The van der Waals surface area contributed by atoms with E-state index in [9.17, 15) is 4.79 Å². The number of hydrogen-bond donors (Lipinski definition) is 0. The van der Waals surface area contributed by atoms with Gasteiger partial charge < -0.3 is 9.30 Å². The Balaban J connectivity index is 1.65. The molecule has 0 aliphatic heterocycles. The summed E-state index contributed by atoms with van der Waals surface area (Å²) < 4.78 is 7.32. The second kappa shape index (κ2) is 8.39. The quantitative estimate of drug-likeness (QED) is 0.612. The molecule has 128 valence electrons. The molecule has 0 fully saturated rings. The highest BCUT2D eigenvalue weighted by Crippen LogP contribution is 2.16. The van der Waals surface area contributed by atoms with Crippen molar-refractivity contribution in [2.75, 3.05) is 0 Å². The van der Waals surface area contributed by atoms with Crippen molar-refractivity contribution in [1.29, 1.82) is 0 Å². The van der Waals surface area contributed by atoms with Crippen molar-refractivity contribution in [2.45, 2.75) is 19.5 Å². The molecule has 1 aromatic heterocycles. The van der Waals surface area contributed by atoms with Gasteiger partial charge in [0.2, 0.25) is 0 Å². The highest BCUT2D eigenvalue weighted by molar-refractivity contribution is 6.08. The molecule has 0 aliphatic carbocycles. The van der Waals surface area contributed by atoms with E-state index in [0.29, 0.717) is 25.2 Å². The molecule has 26 heavy (non-hydrogen) atoms. The molecule has 4 heteroatoms. The topological polar surface area (TPSA) is 31.2 Å². The van der Waals surface area contributed by atoms with Gasteiger partial charge in [-0.15, -0.1) is 0 Å². The van der Waals surface area contributed by atoms with Gasteiger partial charge in [-0.3, -0.25) is 4.79 Å². The summed E-state index contributed by atoms with van der Waals surface area (Å²) in [5.41, 5.74) is 3.88. The predicted molar refractivity (Wildman–Crippen MR) is 106 cm³/mol. The van der Waals surface area contributed by atoms with Crippen LogP contribution < -0.4 is 10.3 Å². The van der Waals surface area contributed by atoms with Crippen LogP contribution in [0.4, 0.5) is 0 Å². The fourth-order valence-corrected chi connectivity index (χ4v) is 2.62. The highest BCUT2D eigenvalue weighted by Gasteiger charge is 2.04. The Kier molecular flexibility index (Phi) is 5.75. The van der Waals surface area contributed by atoms with E-state index < -0.39 is 0 Å². The number of ether oxygens (including phenoxy) is 1. The molecule has 2 radical (unpaired) electrons. The predicted octanol–water partition coefficient (Wildman–Crippen LogP) is 3.81. The van der Waals surface area contributed by atoms with E-state index in [1.807, 2.05) is 54.6 Å². The molecule has 0 unspecified atom stereocenters. The zero-order valence-corrected chi connectivity index (χ0v) is 14.6. The Bertz CT molecular complexity index is 930. The molecule has 0 amide bonds. The zero-order chi connectivity index (χ0) is 18.4. The lowest BCUT2D eigenvalue weighted by Gasteiger charge is -2.11. The normalized spacial score (nSPS) is 10.5. The van der Waals surface area contributed by atoms with Crippen LogP contribution >= 0.6 is 0 Å². The van der Waals surface area contributed by atoms with Crippen molar-refractivity contribution in [2.24, 2.45) is 0 Å². The van der Waals surface area contributed by atoms with Crippen LogP contribution in [0.25, 0.3) is 5.57 Å². The maximum Gasteiger partial charge on any atom is 0.254 e. The van der Waals surface area contributed by atoms with Gasteiger partial charge in [0.15, 0.2) is 0 Å². The van der Waals surface area contributed by atoms with E-state index in [2.05, 4.69) is 6.58 Å². The molecule has 0 aliphatic rings. The first-order valence-corrected chi connectivity index (χ1v) is 8.50. The fraction of sp³-hybridized carbons (Fsp3) is 0.136. The highest BCUT2D eigenvalue weighted by atomic mass is 16.5. The molecule has 3 rings (SSSR count). The largest absolute Gasteiger partial charge is 0.489 e. The van der Waals surface area contributed by atoms with Crippen molar-refractivity contribution in [1.82, 2.24) is 4.57 Å². The minimum absolute atomic E-state index is 0.115. The van der Waals surface area contributed by atoms with Gasteiger partial charge in [-0.25, -0.2) is 0 Å². The van der Waals surface area contributed by atoms with Crippen LogP contribution in [0.1, 0.15) is 16.7 Å². The lowest BCUT2D eigenvalue weighted by Crippen LogP contribution is -2.19. The lowest BCUT2D eigenvalue weighted by molar-refractivity contribution is 0.305. The van der Waals surface area contributed by atoms with Gasteiger partial charge in [-0.2, -0.15) is 0 Å². The van der Waals surface area contributed by atoms with Gasteiger partial charge in [0.25, 0.3) is 5.56 Å². The molecule has 3 nitrogen and oxygen atoms in total. The molecule has 0 atom stereocenters. The number of pyridine rings is 1. The van der Waals surface area contributed by atoms with E-state index in [1.165, 1.54) is 6.07 Å². The first kappa shape index (κ1) is 17.8. The number of nitrogens with zero attached hydrogens (tertiary/aromatic N) is 1. The fourth-order valence-electron chi connectivity index (χ4n) is 2.62. The summed E-state index contributed by atoms with van der Waals surface area (Å²) in [5, 5.41) is 0. The van der Waals surface area contributed by atoms with Crippen molar-refractivity contribution in [3.63, 3.8) is 0 Å². The molecule has 0 saturated carbocycles. The second-order valence-electron chi connectivity index (χ2n) is 6.11. The van der Waals surface area contributed by atoms with Crippen LogP contribution in [-0.2, 0) is 19.5 Å². The van der Waals surface area contributed by atoms with E-state index in [-0.39, 0.29) is 5.56 Å². The van der Waals surface area contributed by atoms with E-state index in [1.54, 1.807) is 16.8 Å². The van der Waals surface area contributed by atoms with E-state index in [4.69, 9.17) is 12.6 Å². The Morgan fingerprint density at radius 1 is 1.00 bits per heavy atom. The minimum atomic E-state index is -0.115. The molecule has 0 saturated heterocycles. The Morgan fingerprint density at radius 3 is 2.38 bits per heavy atom. The Labute approximate surface area is 155 Å². The third-order valence-corrected chi connectivity index (χ3v) is 4.17. The van der Waals surface area contributed by atoms with Gasteiger partial charge in [0.05, 0.1) is 14.4 Å². The number of rotatable bonds is 7. The first-order chi connectivity index (χ1) is 12.7. The third-order valence-electron chi connectivity index (χ3n) is 4.17. The van der Waals surface area contributed by atoms with E-state index >= 15 is 0 Å². The lowest BCUT2D eigenvalue weighted by atomic mass is 9.95. The Hall–Kier alpha value is -3.01. The molecule has 0 bridgehead atoms. The van der Waals surface area contributed by atoms with Crippen molar-refractivity contribution in [3.8, 4) is 5.75 Å². The molecule has 1 heterocycles. The SMILES string of the molecule is [B]Cc1ccc(C(=C)Cn2ccc(OCc3ccccc3)cc2=O)cc1. The van der Waals surface area contributed by atoms with Crippen LogP contribution in [0.15, 0.2) is 84.3 Å². The number of allylic oxidation sites excluding steroid dienone is 1. The average Bonchev–Trinajstić information content (AvgIpc) is 2.69. The van der Waals surface area contributed by atoms with Gasteiger partial charge >= 0.3 is 0 Å². The van der Waals surface area contributed by atoms with Crippen molar-refractivity contribution < 1.29 is 4.74 Å². The summed E-state index contributed by atoms with van der Waals surface area (Å²) in [6, 6.07) is 21.1. The summed E-state index contributed by atoms with van der Waals surface area (Å²) in [7, 11) is 5.62. The standard InChI is InChI=1S/C22H20BNO2/c1-17(20-9-7-18(14-23)8-10-20)15-24-12-11-21(13-22(24)25)26-16-19-5-3-2-4-6-19/h2-13H,1,14-16H2. The molecule has 0 N–H and O–H groups in total. The van der Waals surface area contributed by atoms with Gasteiger partial charge in [0.1, 0.15) is 12.4 Å². The maximum atomic E-state index is 12.3. The van der Waals surface area contributed by atoms with Crippen molar-refractivity contribution in [3.05, 3.63) is 107 Å². The van der Waals surface area contributed by atoms with Gasteiger partial charge in [-0.05, 0) is 22.8 Å². The summed E-state index contributed by atoms with van der Waals surface area (Å²) in [6.45, 7) is 4.96. The maximum absolute atomic E-state index is 12.3. The zero-order valence-electron chi connectivity index (χ0n) is 14.6.